The van der Waals surface area contributed by atoms with E-state index in [1.165, 1.54) is 5.56 Å². The number of anilines is 1. The fourth-order valence-corrected chi connectivity index (χ4v) is 2.61. The highest BCUT2D eigenvalue weighted by atomic mass is 16.6. The Kier molecular flexibility index (Phi) is 4.00. The molecule has 3 heteroatoms. The van der Waals surface area contributed by atoms with Crippen molar-refractivity contribution in [2.24, 2.45) is 5.92 Å². The number of hydrogen-bond acceptors (Lipinski definition) is 3. The standard InChI is InChI=1S/C18H21NO2/c1-13(2)18(14-6-4-3-5-7-14)19-15-8-9-16-17(12-15)21-11-10-20-16/h3-9,12-13,18-19H,10-11H2,1-2H3. The molecule has 3 rings (SSSR count). The molecule has 1 heterocycles. The van der Waals surface area contributed by atoms with Gasteiger partial charge in [-0.15, -0.1) is 0 Å². The average molecular weight is 283 g/mol. The molecule has 0 fully saturated rings. The van der Waals surface area contributed by atoms with Gasteiger partial charge in [-0.1, -0.05) is 44.2 Å². The van der Waals surface area contributed by atoms with E-state index in [1.807, 2.05) is 24.3 Å². The number of fused-ring (bicyclic) bond motifs is 1. The van der Waals surface area contributed by atoms with E-state index in [0.29, 0.717) is 19.1 Å². The molecule has 2 aromatic carbocycles. The predicted octanol–water partition coefficient (Wildman–Crippen LogP) is 4.27. The van der Waals surface area contributed by atoms with Crippen molar-refractivity contribution in [3.05, 3.63) is 54.1 Å². The summed E-state index contributed by atoms with van der Waals surface area (Å²) in [7, 11) is 0. The van der Waals surface area contributed by atoms with Gasteiger partial charge in [-0.3, -0.25) is 0 Å². The van der Waals surface area contributed by atoms with Gasteiger partial charge in [0.25, 0.3) is 0 Å². The van der Waals surface area contributed by atoms with E-state index in [1.54, 1.807) is 0 Å². The number of hydrogen-bond donors (Lipinski definition) is 1. The quantitative estimate of drug-likeness (QED) is 0.909. The van der Waals surface area contributed by atoms with Gasteiger partial charge in [0, 0.05) is 11.8 Å². The molecule has 0 radical (unpaired) electrons. The maximum absolute atomic E-state index is 5.65. The van der Waals surface area contributed by atoms with Crippen LogP contribution in [0.2, 0.25) is 0 Å². The Morgan fingerprint density at radius 3 is 2.33 bits per heavy atom. The van der Waals surface area contributed by atoms with E-state index in [-0.39, 0.29) is 6.04 Å². The Morgan fingerprint density at radius 2 is 1.62 bits per heavy atom. The molecular formula is C18H21NO2. The number of benzene rings is 2. The Bertz CT molecular complexity index is 595. The Morgan fingerprint density at radius 1 is 0.905 bits per heavy atom. The minimum Gasteiger partial charge on any atom is -0.486 e. The Hall–Kier alpha value is -2.16. The van der Waals surface area contributed by atoms with E-state index < -0.39 is 0 Å². The third-order valence-corrected chi connectivity index (χ3v) is 3.69. The van der Waals surface area contributed by atoms with E-state index >= 15 is 0 Å². The molecule has 0 saturated heterocycles. The second-order valence-corrected chi connectivity index (χ2v) is 5.64. The summed E-state index contributed by atoms with van der Waals surface area (Å²) in [5.41, 5.74) is 2.35. The van der Waals surface area contributed by atoms with E-state index in [9.17, 15) is 0 Å². The molecule has 2 aromatic rings. The maximum Gasteiger partial charge on any atom is 0.163 e. The molecule has 110 valence electrons. The summed E-state index contributed by atoms with van der Waals surface area (Å²) in [6.45, 7) is 5.69. The molecule has 0 bridgehead atoms. The largest absolute Gasteiger partial charge is 0.486 e. The molecule has 21 heavy (non-hydrogen) atoms. The summed E-state index contributed by atoms with van der Waals surface area (Å²) in [4.78, 5) is 0. The molecule has 1 atom stereocenters. The van der Waals surface area contributed by atoms with Crippen LogP contribution in [0.15, 0.2) is 48.5 Å². The van der Waals surface area contributed by atoms with Gasteiger partial charge in [-0.2, -0.15) is 0 Å². The van der Waals surface area contributed by atoms with Crippen molar-refractivity contribution in [2.45, 2.75) is 19.9 Å². The maximum atomic E-state index is 5.65. The number of ether oxygens (including phenoxy) is 2. The second-order valence-electron chi connectivity index (χ2n) is 5.64. The molecule has 0 amide bonds. The molecule has 1 aliphatic rings. The van der Waals surface area contributed by atoms with Crippen LogP contribution < -0.4 is 14.8 Å². The third kappa shape index (κ3) is 3.13. The average Bonchev–Trinajstić information content (AvgIpc) is 2.53. The summed E-state index contributed by atoms with van der Waals surface area (Å²) in [5, 5.41) is 3.61. The first-order valence-electron chi connectivity index (χ1n) is 7.45. The van der Waals surface area contributed by atoms with Crippen LogP contribution in [0, 0.1) is 5.92 Å². The minimum atomic E-state index is 0.272. The lowest BCUT2D eigenvalue weighted by molar-refractivity contribution is 0.171. The van der Waals surface area contributed by atoms with Crippen LogP contribution in [0.25, 0.3) is 0 Å². The van der Waals surface area contributed by atoms with Crippen LogP contribution in [0.3, 0.4) is 0 Å². The third-order valence-electron chi connectivity index (χ3n) is 3.69. The number of rotatable bonds is 4. The van der Waals surface area contributed by atoms with Gasteiger partial charge in [0.15, 0.2) is 11.5 Å². The normalized spacial score (nSPS) is 14.8. The van der Waals surface area contributed by atoms with Crippen molar-refractivity contribution < 1.29 is 9.47 Å². The van der Waals surface area contributed by atoms with Gasteiger partial charge in [-0.05, 0) is 23.6 Å². The topological polar surface area (TPSA) is 30.5 Å². The summed E-state index contributed by atoms with van der Waals surface area (Å²) >= 11 is 0. The predicted molar refractivity (Wildman–Crippen MR) is 85.1 cm³/mol. The first-order valence-corrected chi connectivity index (χ1v) is 7.45. The highest BCUT2D eigenvalue weighted by molar-refractivity contribution is 5.56. The summed E-state index contributed by atoms with van der Waals surface area (Å²) in [6, 6.07) is 16.8. The lowest BCUT2D eigenvalue weighted by Crippen LogP contribution is -2.18. The van der Waals surface area contributed by atoms with Gasteiger partial charge < -0.3 is 14.8 Å². The SMILES string of the molecule is CC(C)C(Nc1ccc2c(c1)OCCO2)c1ccccc1. The zero-order valence-corrected chi connectivity index (χ0v) is 12.5. The summed E-state index contributed by atoms with van der Waals surface area (Å²) < 4.78 is 11.2. The van der Waals surface area contributed by atoms with Crippen molar-refractivity contribution in [3.8, 4) is 11.5 Å². The van der Waals surface area contributed by atoms with E-state index in [0.717, 1.165) is 17.2 Å². The van der Waals surface area contributed by atoms with Crippen LogP contribution in [0.4, 0.5) is 5.69 Å². The molecule has 1 aliphatic heterocycles. The number of nitrogens with one attached hydrogen (secondary N) is 1. The van der Waals surface area contributed by atoms with Gasteiger partial charge in [-0.25, -0.2) is 0 Å². The van der Waals surface area contributed by atoms with Gasteiger partial charge in [0.2, 0.25) is 0 Å². The minimum absolute atomic E-state index is 0.272. The Labute approximate surface area is 125 Å². The van der Waals surface area contributed by atoms with Crippen molar-refractivity contribution in [1.29, 1.82) is 0 Å². The lowest BCUT2D eigenvalue weighted by Gasteiger charge is -2.25. The molecule has 0 aromatic heterocycles. The first kappa shape index (κ1) is 13.8. The van der Waals surface area contributed by atoms with Crippen LogP contribution in [-0.2, 0) is 0 Å². The zero-order valence-electron chi connectivity index (χ0n) is 12.5. The van der Waals surface area contributed by atoms with Crippen LogP contribution in [0.1, 0.15) is 25.5 Å². The first-order chi connectivity index (χ1) is 10.2. The van der Waals surface area contributed by atoms with Crippen molar-refractivity contribution >= 4 is 5.69 Å². The van der Waals surface area contributed by atoms with Crippen molar-refractivity contribution in [2.75, 3.05) is 18.5 Å². The fraction of sp³-hybridized carbons (Fsp3) is 0.333. The monoisotopic (exact) mass is 283 g/mol. The van der Waals surface area contributed by atoms with Crippen LogP contribution >= 0.6 is 0 Å². The highest BCUT2D eigenvalue weighted by Crippen LogP contribution is 2.34. The molecule has 0 aliphatic carbocycles. The smallest absolute Gasteiger partial charge is 0.163 e. The van der Waals surface area contributed by atoms with Crippen LogP contribution in [-0.4, -0.2) is 13.2 Å². The molecule has 1 N–H and O–H groups in total. The van der Waals surface area contributed by atoms with Crippen molar-refractivity contribution in [3.63, 3.8) is 0 Å². The molecular weight excluding hydrogens is 262 g/mol. The molecule has 0 spiro atoms. The summed E-state index contributed by atoms with van der Waals surface area (Å²) in [5.74, 6) is 2.13. The zero-order chi connectivity index (χ0) is 14.7. The molecule has 1 unspecified atom stereocenters. The highest BCUT2D eigenvalue weighted by Gasteiger charge is 2.17. The van der Waals surface area contributed by atoms with Gasteiger partial charge >= 0.3 is 0 Å². The van der Waals surface area contributed by atoms with Crippen molar-refractivity contribution in [1.82, 2.24) is 0 Å². The van der Waals surface area contributed by atoms with E-state index in [4.69, 9.17) is 9.47 Å². The van der Waals surface area contributed by atoms with Gasteiger partial charge in [0.1, 0.15) is 13.2 Å². The van der Waals surface area contributed by atoms with Crippen LogP contribution in [0.5, 0.6) is 11.5 Å². The molecule has 3 nitrogen and oxygen atoms in total. The summed E-state index contributed by atoms with van der Waals surface area (Å²) in [6.07, 6.45) is 0. The molecule has 0 saturated carbocycles. The second kappa shape index (κ2) is 6.08. The van der Waals surface area contributed by atoms with Gasteiger partial charge in [0.05, 0.1) is 6.04 Å². The lowest BCUT2D eigenvalue weighted by atomic mass is 9.96. The Balaban J connectivity index is 1.83. The fourth-order valence-electron chi connectivity index (χ4n) is 2.61. The van der Waals surface area contributed by atoms with E-state index in [2.05, 4.69) is 43.4 Å².